The average molecular weight is 390 g/mol. The Balaban J connectivity index is 1.81. The second-order valence-corrected chi connectivity index (χ2v) is 7.28. The molecule has 0 aromatic heterocycles. The molecule has 0 heterocycles. The third-order valence-corrected chi connectivity index (χ3v) is 5.33. The molecular weight excluding hydrogens is 363 g/mol. The van der Waals surface area contributed by atoms with E-state index in [0.717, 1.165) is 30.3 Å². The minimum atomic E-state index is -0.424. The van der Waals surface area contributed by atoms with Crippen molar-refractivity contribution in [3.05, 3.63) is 88.5 Å². The maximum Gasteiger partial charge on any atom is 0.153 e. The summed E-state index contributed by atoms with van der Waals surface area (Å²) in [5.74, 6) is 0.545. The maximum absolute atomic E-state index is 12.4. The average Bonchev–Trinajstić information content (AvgIpc) is 2.75. The molecule has 0 spiro atoms. The van der Waals surface area contributed by atoms with Crippen LogP contribution in [0.25, 0.3) is 11.1 Å². The van der Waals surface area contributed by atoms with Gasteiger partial charge in [-0.2, -0.15) is 0 Å². The van der Waals surface area contributed by atoms with Crippen LogP contribution in [-0.4, -0.2) is 19.6 Å². The van der Waals surface area contributed by atoms with E-state index in [-0.39, 0.29) is 6.61 Å². The number of hydrogen-bond donors (Lipinski definition) is 0. The summed E-state index contributed by atoms with van der Waals surface area (Å²) in [5.41, 5.74) is 7.82. The van der Waals surface area contributed by atoms with Gasteiger partial charge in [0.05, 0.1) is 18.8 Å². The number of carbonyl (C=O) groups is 1. The minimum absolute atomic E-state index is 0.276. The zero-order valence-electron chi connectivity index (χ0n) is 17.1. The summed E-state index contributed by atoms with van der Waals surface area (Å²) in [6.07, 6.45) is 2.88. The highest BCUT2D eigenvalue weighted by molar-refractivity contribution is 5.80. The predicted molar refractivity (Wildman–Crippen MR) is 117 cm³/mol. The van der Waals surface area contributed by atoms with Crippen molar-refractivity contribution in [1.29, 1.82) is 0 Å². The standard InChI is InChI=1S/C26H27FO2/c1-19-16-24(18-28)26(29-15-7-14-27)17-23(19)13-12-21-10-6-11-25(20(21)2)22-8-4-3-5-9-22/h3-6,8-11,16-18H,7,12-15H2,1-2H3. The first-order valence-electron chi connectivity index (χ1n) is 10.1. The van der Waals surface area contributed by atoms with Crippen LogP contribution in [0.3, 0.4) is 0 Å². The molecule has 150 valence electrons. The molecule has 3 heteroatoms. The summed E-state index contributed by atoms with van der Waals surface area (Å²) in [7, 11) is 0. The monoisotopic (exact) mass is 390 g/mol. The highest BCUT2D eigenvalue weighted by Gasteiger charge is 2.11. The van der Waals surface area contributed by atoms with Crippen molar-refractivity contribution in [1.82, 2.24) is 0 Å². The van der Waals surface area contributed by atoms with Gasteiger partial charge >= 0.3 is 0 Å². The van der Waals surface area contributed by atoms with E-state index in [4.69, 9.17) is 4.74 Å². The Hall–Kier alpha value is -2.94. The van der Waals surface area contributed by atoms with Gasteiger partial charge in [-0.1, -0.05) is 48.5 Å². The molecule has 0 saturated heterocycles. The van der Waals surface area contributed by atoms with Crippen LogP contribution in [0, 0.1) is 13.8 Å². The molecule has 0 radical (unpaired) electrons. The summed E-state index contributed by atoms with van der Waals surface area (Å²) < 4.78 is 18.0. The number of halogens is 1. The van der Waals surface area contributed by atoms with E-state index < -0.39 is 6.67 Å². The Morgan fingerprint density at radius 2 is 1.69 bits per heavy atom. The molecule has 0 aliphatic rings. The van der Waals surface area contributed by atoms with Crippen molar-refractivity contribution in [2.45, 2.75) is 33.1 Å². The Bertz CT molecular complexity index is 964. The number of ether oxygens (including phenoxy) is 1. The lowest BCUT2D eigenvalue weighted by Gasteiger charge is -2.15. The van der Waals surface area contributed by atoms with Crippen molar-refractivity contribution >= 4 is 6.29 Å². The van der Waals surface area contributed by atoms with Crippen molar-refractivity contribution in [2.75, 3.05) is 13.3 Å². The number of carbonyl (C=O) groups excluding carboxylic acids is 1. The van der Waals surface area contributed by atoms with E-state index in [1.807, 2.05) is 25.1 Å². The van der Waals surface area contributed by atoms with E-state index in [1.165, 1.54) is 22.3 Å². The van der Waals surface area contributed by atoms with Crippen molar-refractivity contribution < 1.29 is 13.9 Å². The van der Waals surface area contributed by atoms with Gasteiger partial charge in [0.1, 0.15) is 5.75 Å². The van der Waals surface area contributed by atoms with E-state index in [1.54, 1.807) is 0 Å². The first-order valence-corrected chi connectivity index (χ1v) is 10.1. The molecule has 3 rings (SSSR count). The van der Waals surface area contributed by atoms with Crippen LogP contribution < -0.4 is 4.74 Å². The van der Waals surface area contributed by atoms with E-state index in [9.17, 15) is 9.18 Å². The molecule has 0 N–H and O–H groups in total. The summed E-state index contributed by atoms with van der Waals surface area (Å²) in [4.78, 5) is 11.4. The molecule has 3 aromatic carbocycles. The Morgan fingerprint density at radius 3 is 2.41 bits per heavy atom. The molecule has 0 fully saturated rings. The van der Waals surface area contributed by atoms with Gasteiger partial charge in [-0.25, -0.2) is 0 Å². The van der Waals surface area contributed by atoms with Gasteiger partial charge in [0.25, 0.3) is 0 Å². The zero-order chi connectivity index (χ0) is 20.6. The van der Waals surface area contributed by atoms with Crippen LogP contribution in [-0.2, 0) is 12.8 Å². The van der Waals surface area contributed by atoms with Crippen LogP contribution in [0.2, 0.25) is 0 Å². The lowest BCUT2D eigenvalue weighted by molar-refractivity contribution is 0.111. The van der Waals surface area contributed by atoms with Crippen LogP contribution in [0.15, 0.2) is 60.7 Å². The van der Waals surface area contributed by atoms with Crippen molar-refractivity contribution in [3.8, 4) is 16.9 Å². The third kappa shape index (κ3) is 5.11. The molecule has 29 heavy (non-hydrogen) atoms. The van der Waals surface area contributed by atoms with Gasteiger partial charge in [-0.3, -0.25) is 9.18 Å². The molecule has 0 saturated carbocycles. The summed E-state index contributed by atoms with van der Waals surface area (Å²) >= 11 is 0. The summed E-state index contributed by atoms with van der Waals surface area (Å²) in [5, 5.41) is 0. The lowest BCUT2D eigenvalue weighted by atomic mass is 9.92. The quantitative estimate of drug-likeness (QED) is 0.316. The molecule has 0 amide bonds. The first-order chi connectivity index (χ1) is 14.1. The predicted octanol–water partition coefficient (Wildman–Crippen LogP) is 6.31. The van der Waals surface area contributed by atoms with Crippen LogP contribution in [0.1, 0.15) is 39.0 Å². The second kappa shape index (κ2) is 10.0. The van der Waals surface area contributed by atoms with E-state index in [2.05, 4.69) is 49.4 Å². The highest BCUT2D eigenvalue weighted by Crippen LogP contribution is 2.28. The fourth-order valence-corrected chi connectivity index (χ4v) is 3.63. The molecule has 0 aliphatic heterocycles. The van der Waals surface area contributed by atoms with Crippen LogP contribution >= 0.6 is 0 Å². The molecule has 0 unspecified atom stereocenters. The first kappa shape index (κ1) is 20.8. The normalized spacial score (nSPS) is 10.7. The second-order valence-electron chi connectivity index (χ2n) is 7.28. The number of rotatable bonds is 9. The van der Waals surface area contributed by atoms with Gasteiger partial charge < -0.3 is 4.74 Å². The molecule has 3 aromatic rings. The summed E-state index contributed by atoms with van der Waals surface area (Å²) in [6.45, 7) is 4.04. The largest absolute Gasteiger partial charge is 0.493 e. The zero-order valence-corrected chi connectivity index (χ0v) is 17.1. The Labute approximate surface area is 172 Å². The van der Waals surface area contributed by atoms with Crippen LogP contribution in [0.5, 0.6) is 5.75 Å². The number of aryl methyl sites for hydroxylation is 3. The highest BCUT2D eigenvalue weighted by atomic mass is 19.1. The number of benzene rings is 3. The van der Waals surface area contributed by atoms with Gasteiger partial charge in [0.15, 0.2) is 6.29 Å². The van der Waals surface area contributed by atoms with Crippen molar-refractivity contribution in [2.24, 2.45) is 0 Å². The van der Waals surface area contributed by atoms with Gasteiger partial charge in [0, 0.05) is 6.42 Å². The van der Waals surface area contributed by atoms with Crippen molar-refractivity contribution in [3.63, 3.8) is 0 Å². The Kier molecular flexibility index (Phi) is 7.18. The van der Waals surface area contributed by atoms with Gasteiger partial charge in [-0.15, -0.1) is 0 Å². The fraction of sp³-hybridized carbons (Fsp3) is 0.269. The molecular formula is C26H27FO2. The number of alkyl halides is 1. The number of aldehydes is 1. The third-order valence-electron chi connectivity index (χ3n) is 5.33. The molecule has 0 bridgehead atoms. The Morgan fingerprint density at radius 1 is 0.931 bits per heavy atom. The SMILES string of the molecule is Cc1cc(C=O)c(OCCCF)cc1CCc1cccc(-c2ccccc2)c1C. The van der Waals surface area contributed by atoms with Gasteiger partial charge in [0.2, 0.25) is 0 Å². The van der Waals surface area contributed by atoms with E-state index >= 15 is 0 Å². The maximum atomic E-state index is 12.4. The van der Waals surface area contributed by atoms with Crippen LogP contribution in [0.4, 0.5) is 4.39 Å². The lowest BCUT2D eigenvalue weighted by Crippen LogP contribution is -2.04. The number of hydrogen-bond acceptors (Lipinski definition) is 2. The molecule has 2 nitrogen and oxygen atoms in total. The molecule has 0 atom stereocenters. The minimum Gasteiger partial charge on any atom is -0.493 e. The topological polar surface area (TPSA) is 26.3 Å². The van der Waals surface area contributed by atoms with Gasteiger partial charge in [-0.05, 0) is 72.2 Å². The fourth-order valence-electron chi connectivity index (χ4n) is 3.63. The summed E-state index contributed by atoms with van der Waals surface area (Å²) in [6, 6.07) is 20.7. The smallest absolute Gasteiger partial charge is 0.153 e. The molecule has 0 aliphatic carbocycles. The van der Waals surface area contributed by atoms with E-state index in [0.29, 0.717) is 17.7 Å².